The van der Waals surface area contributed by atoms with Crippen LogP contribution >= 0.6 is 0 Å². The van der Waals surface area contributed by atoms with E-state index in [0.29, 0.717) is 37.4 Å². The normalized spacial score (nSPS) is 18.9. The molecule has 2 aromatic heterocycles. The zero-order chi connectivity index (χ0) is 26.5. The predicted octanol–water partition coefficient (Wildman–Crippen LogP) is 5.45. The summed E-state index contributed by atoms with van der Waals surface area (Å²) in [6, 6.07) is 6.32. The molecule has 1 atom stereocenters. The molecule has 5 rings (SSSR count). The number of hydrogen-bond donors (Lipinski definition) is 0. The monoisotopic (exact) mass is 516 g/mol. The molecule has 196 valence electrons. The molecule has 11 heteroatoms. The molecular weight excluding hydrogens is 488 g/mol. The maximum atomic E-state index is 14.5. The van der Waals surface area contributed by atoms with Crippen molar-refractivity contribution >= 4 is 17.5 Å². The molecule has 1 saturated heterocycles. The Morgan fingerprint density at radius 2 is 1.84 bits per heavy atom. The van der Waals surface area contributed by atoms with E-state index in [4.69, 9.17) is 0 Å². The van der Waals surface area contributed by atoms with Gasteiger partial charge in [0.2, 0.25) is 0 Å². The Bertz CT molecular complexity index is 1290. The first-order chi connectivity index (χ1) is 17.6. The highest BCUT2D eigenvalue weighted by atomic mass is 19.4. The Balaban J connectivity index is 1.43. The van der Waals surface area contributed by atoms with Crippen molar-refractivity contribution in [3.05, 3.63) is 70.9 Å². The summed E-state index contributed by atoms with van der Waals surface area (Å²) in [5.41, 5.74) is 1.07. The van der Waals surface area contributed by atoms with Crippen molar-refractivity contribution in [2.45, 2.75) is 51.5 Å². The smallest absolute Gasteiger partial charge is 0.369 e. The van der Waals surface area contributed by atoms with Crippen LogP contribution in [0.15, 0.2) is 42.7 Å². The number of para-hydroxylation sites is 1. The molecule has 7 nitrogen and oxygen atoms in total. The van der Waals surface area contributed by atoms with Crippen molar-refractivity contribution < 1.29 is 22.4 Å². The van der Waals surface area contributed by atoms with Crippen LogP contribution in [0, 0.1) is 12.7 Å². The summed E-state index contributed by atoms with van der Waals surface area (Å²) >= 11 is 0. The van der Waals surface area contributed by atoms with Crippen LogP contribution in [-0.4, -0.2) is 44.8 Å². The van der Waals surface area contributed by atoms with Crippen molar-refractivity contribution in [2.75, 3.05) is 22.9 Å². The lowest BCUT2D eigenvalue weighted by Gasteiger charge is -2.46. The van der Waals surface area contributed by atoms with Crippen molar-refractivity contribution in [1.82, 2.24) is 19.7 Å². The minimum absolute atomic E-state index is 0.160. The number of benzene rings is 1. The number of alkyl halides is 3. The first kappa shape index (κ1) is 25.0. The van der Waals surface area contributed by atoms with Crippen LogP contribution < -0.4 is 9.80 Å². The third kappa shape index (κ3) is 4.51. The van der Waals surface area contributed by atoms with Gasteiger partial charge in [-0.15, -0.1) is 0 Å². The average Bonchev–Trinajstić information content (AvgIpc) is 3.24. The number of fused-ring (bicyclic) bond motifs is 1. The number of halogens is 4. The van der Waals surface area contributed by atoms with Gasteiger partial charge in [0.05, 0.1) is 29.5 Å². The summed E-state index contributed by atoms with van der Waals surface area (Å²) in [4.78, 5) is 22.8. The first-order valence-electron chi connectivity index (χ1n) is 12.2. The molecule has 0 aliphatic carbocycles. The minimum Gasteiger partial charge on any atom is -0.369 e. The van der Waals surface area contributed by atoms with Crippen LogP contribution in [0.1, 0.15) is 48.2 Å². The number of hydrogen-bond acceptors (Lipinski definition) is 4. The van der Waals surface area contributed by atoms with Gasteiger partial charge < -0.3 is 9.80 Å². The Kier molecular flexibility index (Phi) is 6.33. The van der Waals surface area contributed by atoms with E-state index in [0.717, 1.165) is 17.2 Å². The maximum Gasteiger partial charge on any atom is 0.418 e. The van der Waals surface area contributed by atoms with E-state index in [2.05, 4.69) is 10.1 Å². The number of piperidine rings is 1. The number of anilines is 2. The van der Waals surface area contributed by atoms with E-state index in [1.165, 1.54) is 23.2 Å². The molecular formula is C26H28F4N6O. The summed E-state index contributed by atoms with van der Waals surface area (Å²) in [6.07, 6.45) is -0.304. The summed E-state index contributed by atoms with van der Waals surface area (Å²) in [5.74, 6) is 0.0670. The van der Waals surface area contributed by atoms with E-state index in [-0.39, 0.29) is 30.1 Å². The van der Waals surface area contributed by atoms with Crippen LogP contribution in [0.5, 0.6) is 0 Å². The third-order valence-corrected chi connectivity index (χ3v) is 7.28. The predicted molar refractivity (Wildman–Crippen MR) is 131 cm³/mol. The molecule has 0 bridgehead atoms. The van der Waals surface area contributed by atoms with Crippen LogP contribution in [0.25, 0.3) is 0 Å². The summed E-state index contributed by atoms with van der Waals surface area (Å²) in [5, 5.41) is 4.41. The zero-order valence-electron chi connectivity index (χ0n) is 20.8. The SMILES string of the molecule is Cc1cccc(F)c1N1CCC(N2C(=O)N(Cc3ncccc3C(F)(F)F)c3nn(C)cc3[C@H]2C)CC1. The number of amides is 2. The number of nitrogens with zero attached hydrogens (tertiary/aromatic N) is 6. The average molecular weight is 517 g/mol. The maximum absolute atomic E-state index is 14.5. The van der Waals surface area contributed by atoms with E-state index in [9.17, 15) is 22.4 Å². The van der Waals surface area contributed by atoms with Gasteiger partial charge in [-0.2, -0.15) is 18.3 Å². The van der Waals surface area contributed by atoms with Gasteiger partial charge in [0.1, 0.15) is 5.82 Å². The highest BCUT2D eigenvalue weighted by Crippen LogP contribution is 2.41. The van der Waals surface area contributed by atoms with E-state index < -0.39 is 17.8 Å². The molecule has 0 radical (unpaired) electrons. The molecule has 37 heavy (non-hydrogen) atoms. The second kappa shape index (κ2) is 9.35. The van der Waals surface area contributed by atoms with Crippen molar-refractivity contribution in [2.24, 2.45) is 7.05 Å². The lowest BCUT2D eigenvalue weighted by molar-refractivity contribution is -0.138. The number of urea groups is 1. The van der Waals surface area contributed by atoms with Gasteiger partial charge in [0.15, 0.2) is 5.82 Å². The standard InChI is InChI=1S/C26H28F4N6O/c1-16-6-4-8-21(27)23(16)34-12-9-18(10-13-34)36-17(2)19-14-33(3)32-24(19)35(25(36)37)15-22-20(26(28,29)30)7-5-11-31-22/h4-8,11,14,17-18H,9-10,12-13,15H2,1-3H3/t17-/m1/s1. The van der Waals surface area contributed by atoms with E-state index in [1.54, 1.807) is 28.9 Å². The Hall–Kier alpha value is -3.63. The molecule has 0 saturated carbocycles. The fourth-order valence-electron chi connectivity index (χ4n) is 5.52. The topological polar surface area (TPSA) is 57.5 Å². The lowest BCUT2D eigenvalue weighted by atomic mass is 9.97. The van der Waals surface area contributed by atoms with Crippen LogP contribution in [0.2, 0.25) is 0 Å². The van der Waals surface area contributed by atoms with Gasteiger partial charge in [0.25, 0.3) is 0 Å². The largest absolute Gasteiger partial charge is 0.418 e. The molecule has 2 amide bonds. The Labute approximate surface area is 212 Å². The summed E-state index contributed by atoms with van der Waals surface area (Å²) in [6.45, 7) is 4.54. The van der Waals surface area contributed by atoms with E-state index in [1.807, 2.05) is 24.8 Å². The Morgan fingerprint density at radius 1 is 1.11 bits per heavy atom. The van der Waals surface area contributed by atoms with Crippen molar-refractivity contribution in [1.29, 1.82) is 0 Å². The van der Waals surface area contributed by atoms with Crippen LogP contribution in [-0.2, 0) is 19.8 Å². The second-order valence-corrected chi connectivity index (χ2v) is 9.65. The highest BCUT2D eigenvalue weighted by molar-refractivity contribution is 5.94. The molecule has 2 aliphatic heterocycles. The van der Waals surface area contributed by atoms with Gasteiger partial charge in [-0.3, -0.25) is 14.6 Å². The van der Waals surface area contributed by atoms with Crippen molar-refractivity contribution in [3.8, 4) is 0 Å². The third-order valence-electron chi connectivity index (χ3n) is 7.28. The van der Waals surface area contributed by atoms with Crippen molar-refractivity contribution in [3.63, 3.8) is 0 Å². The molecule has 2 aliphatic rings. The fourth-order valence-corrected chi connectivity index (χ4v) is 5.52. The molecule has 1 fully saturated rings. The number of carbonyl (C=O) groups excluding carboxylic acids is 1. The Morgan fingerprint density at radius 3 is 2.51 bits per heavy atom. The van der Waals surface area contributed by atoms with Crippen LogP contribution in [0.4, 0.5) is 33.9 Å². The number of aryl methyl sites for hydroxylation is 2. The van der Waals surface area contributed by atoms with Gasteiger partial charge in [0, 0.05) is 44.1 Å². The zero-order valence-corrected chi connectivity index (χ0v) is 20.8. The van der Waals surface area contributed by atoms with Gasteiger partial charge >= 0.3 is 12.2 Å². The molecule has 0 N–H and O–H groups in total. The van der Waals surface area contributed by atoms with Gasteiger partial charge in [-0.25, -0.2) is 9.18 Å². The number of rotatable bonds is 4. The highest BCUT2D eigenvalue weighted by Gasteiger charge is 2.43. The number of aromatic nitrogens is 3. The quantitative estimate of drug-likeness (QED) is 0.433. The molecule has 1 aromatic carbocycles. The van der Waals surface area contributed by atoms with Crippen LogP contribution in [0.3, 0.4) is 0 Å². The first-order valence-corrected chi connectivity index (χ1v) is 12.2. The number of pyridine rings is 1. The fraction of sp³-hybridized carbons (Fsp3) is 0.423. The molecule has 0 spiro atoms. The van der Waals surface area contributed by atoms with Gasteiger partial charge in [-0.1, -0.05) is 12.1 Å². The second-order valence-electron chi connectivity index (χ2n) is 9.65. The lowest BCUT2D eigenvalue weighted by Crippen LogP contribution is -2.55. The van der Waals surface area contributed by atoms with E-state index >= 15 is 0 Å². The van der Waals surface area contributed by atoms with Gasteiger partial charge in [-0.05, 0) is 50.5 Å². The summed E-state index contributed by atoms with van der Waals surface area (Å²) in [7, 11) is 1.72. The molecule has 4 heterocycles. The molecule has 3 aromatic rings. The molecule has 0 unspecified atom stereocenters. The summed E-state index contributed by atoms with van der Waals surface area (Å²) < 4.78 is 57.1. The minimum atomic E-state index is -4.60. The number of carbonyl (C=O) groups is 1.